The number of hydrogen-bond donors (Lipinski definition) is 0. The Balaban J connectivity index is 1.48. The van der Waals surface area contributed by atoms with Crippen LogP contribution in [0.25, 0.3) is 0 Å². The van der Waals surface area contributed by atoms with Gasteiger partial charge in [0.15, 0.2) is 0 Å². The van der Waals surface area contributed by atoms with Gasteiger partial charge in [0.25, 0.3) is 0 Å². The van der Waals surface area contributed by atoms with Gasteiger partial charge in [-0.2, -0.15) is 13.2 Å². The molecule has 4 nitrogen and oxygen atoms in total. The molecule has 0 saturated carbocycles. The van der Waals surface area contributed by atoms with E-state index in [0.717, 1.165) is 31.2 Å². The van der Waals surface area contributed by atoms with Crippen molar-refractivity contribution in [3.63, 3.8) is 0 Å². The van der Waals surface area contributed by atoms with Gasteiger partial charge in [0, 0.05) is 37.9 Å². The number of nitrogens with zero attached hydrogens (tertiary/aromatic N) is 4. The van der Waals surface area contributed by atoms with Crippen molar-refractivity contribution in [3.8, 4) is 0 Å². The Morgan fingerprint density at radius 1 is 1.12 bits per heavy atom. The van der Waals surface area contributed by atoms with E-state index in [1.807, 2.05) is 13.0 Å². The Morgan fingerprint density at radius 2 is 1.84 bits per heavy atom. The maximum atomic E-state index is 13.2. The van der Waals surface area contributed by atoms with E-state index in [1.54, 1.807) is 18.3 Å². The van der Waals surface area contributed by atoms with E-state index in [0.29, 0.717) is 12.1 Å². The van der Waals surface area contributed by atoms with Gasteiger partial charge < -0.3 is 4.90 Å². The zero-order chi connectivity index (χ0) is 17.6. The maximum Gasteiger partial charge on any atom is 0.416 e. The first kappa shape index (κ1) is 16.3. The summed E-state index contributed by atoms with van der Waals surface area (Å²) in [4.78, 5) is 13.0. The second-order valence-corrected chi connectivity index (χ2v) is 6.74. The lowest BCUT2D eigenvalue weighted by molar-refractivity contribution is -0.139. The SMILES string of the molecule is Cc1nccc(N2CC3CC(C2)N3Cc2ccccc2C(F)(F)F)n1. The second kappa shape index (κ2) is 5.98. The van der Waals surface area contributed by atoms with Crippen LogP contribution in [-0.2, 0) is 12.7 Å². The number of fused-ring (bicyclic) bond motifs is 2. The van der Waals surface area contributed by atoms with Crippen molar-refractivity contribution in [2.24, 2.45) is 0 Å². The Hall–Kier alpha value is -2.15. The fourth-order valence-corrected chi connectivity index (χ4v) is 3.88. The smallest absolute Gasteiger partial charge is 0.353 e. The van der Waals surface area contributed by atoms with Crippen molar-refractivity contribution in [1.82, 2.24) is 14.9 Å². The first-order chi connectivity index (χ1) is 11.9. The summed E-state index contributed by atoms with van der Waals surface area (Å²) < 4.78 is 39.6. The molecule has 25 heavy (non-hydrogen) atoms. The number of halogens is 3. The molecule has 3 saturated heterocycles. The minimum absolute atomic E-state index is 0.273. The minimum Gasteiger partial charge on any atom is -0.353 e. The lowest BCUT2D eigenvalue weighted by Gasteiger charge is -2.56. The van der Waals surface area contributed by atoms with Crippen molar-refractivity contribution in [2.75, 3.05) is 18.0 Å². The van der Waals surface area contributed by atoms with E-state index in [9.17, 15) is 13.2 Å². The van der Waals surface area contributed by atoms with E-state index in [2.05, 4.69) is 19.8 Å². The number of rotatable bonds is 3. The number of piperidine rings is 1. The Morgan fingerprint density at radius 3 is 2.52 bits per heavy atom. The van der Waals surface area contributed by atoms with Crippen molar-refractivity contribution >= 4 is 5.82 Å². The van der Waals surface area contributed by atoms with E-state index < -0.39 is 11.7 Å². The Kier molecular flexibility index (Phi) is 3.91. The molecule has 0 N–H and O–H groups in total. The third kappa shape index (κ3) is 3.08. The maximum absolute atomic E-state index is 13.2. The molecule has 2 bridgehead atoms. The summed E-state index contributed by atoms with van der Waals surface area (Å²) in [5, 5.41) is 0. The van der Waals surface area contributed by atoms with Gasteiger partial charge in [0.2, 0.25) is 0 Å². The topological polar surface area (TPSA) is 32.3 Å². The summed E-state index contributed by atoms with van der Waals surface area (Å²) in [6.45, 7) is 3.79. The van der Waals surface area contributed by atoms with Crippen molar-refractivity contribution < 1.29 is 13.2 Å². The highest BCUT2D eigenvalue weighted by molar-refractivity contribution is 5.41. The lowest BCUT2D eigenvalue weighted by atomic mass is 9.86. The zero-order valence-corrected chi connectivity index (χ0v) is 13.9. The van der Waals surface area contributed by atoms with Gasteiger partial charge in [0.05, 0.1) is 5.56 Å². The van der Waals surface area contributed by atoms with Gasteiger partial charge >= 0.3 is 6.18 Å². The quantitative estimate of drug-likeness (QED) is 0.852. The highest BCUT2D eigenvalue weighted by atomic mass is 19.4. The highest BCUT2D eigenvalue weighted by Gasteiger charge is 2.45. The molecule has 2 aromatic rings. The molecule has 0 amide bonds. The van der Waals surface area contributed by atoms with Gasteiger partial charge in [0.1, 0.15) is 11.6 Å². The van der Waals surface area contributed by atoms with Crippen LogP contribution in [0.4, 0.5) is 19.0 Å². The summed E-state index contributed by atoms with van der Waals surface area (Å²) in [5.74, 6) is 1.63. The van der Waals surface area contributed by atoms with Crippen LogP contribution in [0.15, 0.2) is 36.5 Å². The largest absolute Gasteiger partial charge is 0.416 e. The van der Waals surface area contributed by atoms with Crippen LogP contribution in [0.1, 0.15) is 23.4 Å². The number of benzene rings is 1. The summed E-state index contributed by atoms with van der Waals surface area (Å²) in [6, 6.07) is 8.31. The van der Waals surface area contributed by atoms with Crippen LogP contribution >= 0.6 is 0 Å². The second-order valence-electron chi connectivity index (χ2n) is 6.74. The molecule has 5 rings (SSSR count). The Labute approximate surface area is 144 Å². The molecule has 2 atom stereocenters. The summed E-state index contributed by atoms with van der Waals surface area (Å²) in [7, 11) is 0. The van der Waals surface area contributed by atoms with Gasteiger partial charge in [-0.05, 0) is 31.0 Å². The summed E-state index contributed by atoms with van der Waals surface area (Å²) in [5.41, 5.74) is -0.167. The molecule has 0 radical (unpaired) electrons. The van der Waals surface area contributed by atoms with Crippen molar-refractivity contribution in [1.29, 1.82) is 0 Å². The normalized spacial score (nSPS) is 23.4. The lowest BCUT2D eigenvalue weighted by Crippen LogP contribution is -2.68. The molecule has 3 fully saturated rings. The number of anilines is 1. The molecule has 1 aromatic carbocycles. The molecular weight excluding hydrogens is 329 g/mol. The predicted octanol–water partition coefficient (Wildman–Crippen LogP) is 3.27. The third-order valence-electron chi connectivity index (χ3n) is 5.11. The van der Waals surface area contributed by atoms with Crippen molar-refractivity contribution in [3.05, 3.63) is 53.5 Å². The van der Waals surface area contributed by atoms with Crippen LogP contribution in [0, 0.1) is 6.92 Å². The van der Waals surface area contributed by atoms with Gasteiger partial charge in [-0.3, -0.25) is 4.90 Å². The molecule has 4 heterocycles. The number of hydrogen-bond acceptors (Lipinski definition) is 4. The van der Waals surface area contributed by atoms with Crippen LogP contribution < -0.4 is 4.90 Å². The highest BCUT2D eigenvalue weighted by Crippen LogP contribution is 2.38. The van der Waals surface area contributed by atoms with Gasteiger partial charge in [-0.15, -0.1) is 0 Å². The minimum atomic E-state index is -4.30. The average molecular weight is 348 g/mol. The monoisotopic (exact) mass is 348 g/mol. The third-order valence-corrected chi connectivity index (χ3v) is 5.11. The predicted molar refractivity (Wildman–Crippen MR) is 88.2 cm³/mol. The molecule has 1 aromatic heterocycles. The molecule has 0 spiro atoms. The fraction of sp³-hybridized carbons (Fsp3) is 0.444. The number of piperazine rings is 1. The van der Waals surface area contributed by atoms with Crippen molar-refractivity contribution in [2.45, 2.75) is 38.1 Å². The van der Waals surface area contributed by atoms with Crippen LogP contribution in [0.5, 0.6) is 0 Å². The Bertz CT molecular complexity index is 765. The number of aryl methyl sites for hydroxylation is 1. The molecule has 7 heteroatoms. The molecule has 3 aliphatic heterocycles. The molecule has 0 aliphatic carbocycles. The van der Waals surface area contributed by atoms with Gasteiger partial charge in [-0.25, -0.2) is 9.97 Å². The average Bonchev–Trinajstić information content (AvgIpc) is 2.59. The van der Waals surface area contributed by atoms with E-state index in [-0.39, 0.29) is 12.1 Å². The van der Waals surface area contributed by atoms with E-state index in [1.165, 1.54) is 12.1 Å². The van der Waals surface area contributed by atoms with Crippen LogP contribution in [-0.4, -0.2) is 40.0 Å². The molecular formula is C18H19F3N4. The first-order valence-corrected chi connectivity index (χ1v) is 8.37. The molecule has 132 valence electrons. The number of alkyl halides is 3. The summed E-state index contributed by atoms with van der Waals surface area (Å²) in [6.07, 6.45) is -1.52. The van der Waals surface area contributed by atoms with Gasteiger partial charge in [-0.1, -0.05) is 18.2 Å². The summed E-state index contributed by atoms with van der Waals surface area (Å²) >= 11 is 0. The fourth-order valence-electron chi connectivity index (χ4n) is 3.88. The van der Waals surface area contributed by atoms with Crippen LogP contribution in [0.3, 0.4) is 0 Å². The molecule has 3 aliphatic rings. The van der Waals surface area contributed by atoms with Crippen LogP contribution in [0.2, 0.25) is 0 Å². The standard InChI is InChI=1S/C18H19F3N4/c1-12-22-7-6-17(23-12)24-10-14-8-15(11-24)25(14)9-13-4-2-3-5-16(13)18(19,20)21/h2-7,14-15H,8-11H2,1H3. The van der Waals surface area contributed by atoms with E-state index in [4.69, 9.17) is 0 Å². The number of aromatic nitrogens is 2. The first-order valence-electron chi connectivity index (χ1n) is 8.37. The zero-order valence-electron chi connectivity index (χ0n) is 13.9. The molecule has 2 unspecified atom stereocenters. The van der Waals surface area contributed by atoms with E-state index >= 15 is 0 Å².